The summed E-state index contributed by atoms with van der Waals surface area (Å²) in [6.07, 6.45) is 3.38. The van der Waals surface area contributed by atoms with E-state index >= 15 is 0 Å². The summed E-state index contributed by atoms with van der Waals surface area (Å²) in [4.78, 5) is 4.17. The molecule has 0 bridgehead atoms. The van der Waals surface area contributed by atoms with Crippen molar-refractivity contribution in [2.75, 3.05) is 0 Å². The van der Waals surface area contributed by atoms with Crippen LogP contribution in [0.1, 0.15) is 5.56 Å². The standard InChI is InChI=1S/C15H10BrN3/c1-19-14-5-3-2-4-10(14)6-15(19)12-8-18-9-13(16)11(12)7-17/h2-6,8-9H,1H3. The van der Waals surface area contributed by atoms with E-state index in [1.54, 1.807) is 12.4 Å². The van der Waals surface area contributed by atoms with Crippen LogP contribution in [0.2, 0.25) is 0 Å². The Labute approximate surface area is 119 Å². The number of aromatic nitrogens is 2. The van der Waals surface area contributed by atoms with Crippen molar-refractivity contribution in [2.24, 2.45) is 7.05 Å². The van der Waals surface area contributed by atoms with E-state index in [2.05, 4.69) is 49.7 Å². The Balaban J connectivity index is 2.35. The number of nitriles is 1. The van der Waals surface area contributed by atoms with Crippen LogP contribution < -0.4 is 0 Å². The fourth-order valence-corrected chi connectivity index (χ4v) is 2.71. The van der Waals surface area contributed by atoms with E-state index in [9.17, 15) is 5.26 Å². The number of benzene rings is 1. The summed E-state index contributed by atoms with van der Waals surface area (Å²) in [6, 6.07) is 12.5. The fourth-order valence-electron chi connectivity index (χ4n) is 2.29. The zero-order chi connectivity index (χ0) is 13.4. The molecule has 0 aliphatic rings. The van der Waals surface area contributed by atoms with Gasteiger partial charge in [-0.3, -0.25) is 4.98 Å². The maximum absolute atomic E-state index is 9.31. The average molecular weight is 312 g/mol. The SMILES string of the molecule is Cn1c(-c2cncc(Br)c2C#N)cc2ccccc21. The lowest BCUT2D eigenvalue weighted by atomic mass is 10.1. The molecule has 3 rings (SSSR count). The van der Waals surface area contributed by atoms with Gasteiger partial charge < -0.3 is 4.57 Å². The number of nitrogens with zero attached hydrogens (tertiary/aromatic N) is 3. The van der Waals surface area contributed by atoms with E-state index in [0.717, 1.165) is 26.6 Å². The Hall–Kier alpha value is -2.12. The lowest BCUT2D eigenvalue weighted by Gasteiger charge is -2.07. The highest BCUT2D eigenvalue weighted by Gasteiger charge is 2.13. The van der Waals surface area contributed by atoms with Gasteiger partial charge in [0, 0.05) is 35.9 Å². The molecule has 0 amide bonds. The van der Waals surface area contributed by atoms with Gasteiger partial charge in [-0.25, -0.2) is 0 Å². The van der Waals surface area contributed by atoms with Crippen LogP contribution in [0.15, 0.2) is 47.2 Å². The Morgan fingerprint density at radius 3 is 2.79 bits per heavy atom. The lowest BCUT2D eigenvalue weighted by molar-refractivity contribution is 0.975. The molecule has 0 aliphatic carbocycles. The number of rotatable bonds is 1. The summed E-state index contributed by atoms with van der Waals surface area (Å²) in [6.45, 7) is 0. The molecule has 0 radical (unpaired) electrons. The topological polar surface area (TPSA) is 41.6 Å². The maximum atomic E-state index is 9.31. The number of pyridine rings is 1. The first-order valence-corrected chi connectivity index (χ1v) is 6.60. The molecular weight excluding hydrogens is 302 g/mol. The Morgan fingerprint density at radius 2 is 2.05 bits per heavy atom. The van der Waals surface area contributed by atoms with E-state index < -0.39 is 0 Å². The van der Waals surface area contributed by atoms with Gasteiger partial charge >= 0.3 is 0 Å². The van der Waals surface area contributed by atoms with Crippen LogP contribution in [0.5, 0.6) is 0 Å². The Bertz CT molecular complexity index is 812. The van der Waals surface area contributed by atoms with Gasteiger partial charge in [0.15, 0.2) is 0 Å². The smallest absolute Gasteiger partial charge is 0.101 e. The molecule has 0 aliphatic heterocycles. The van der Waals surface area contributed by atoms with E-state index in [0.29, 0.717) is 5.56 Å². The van der Waals surface area contributed by atoms with Crippen molar-refractivity contribution in [2.45, 2.75) is 0 Å². The minimum Gasteiger partial charge on any atom is -0.344 e. The van der Waals surface area contributed by atoms with Crippen molar-refractivity contribution in [3.63, 3.8) is 0 Å². The zero-order valence-corrected chi connectivity index (χ0v) is 11.8. The number of aryl methyl sites for hydroxylation is 1. The quantitative estimate of drug-likeness (QED) is 0.684. The van der Waals surface area contributed by atoms with Gasteiger partial charge in [0.25, 0.3) is 0 Å². The third-order valence-electron chi connectivity index (χ3n) is 3.24. The number of halogens is 1. The van der Waals surface area contributed by atoms with Crippen molar-refractivity contribution in [3.8, 4) is 17.3 Å². The first kappa shape index (κ1) is 11.9. The van der Waals surface area contributed by atoms with Crippen LogP contribution >= 0.6 is 15.9 Å². The monoisotopic (exact) mass is 311 g/mol. The molecule has 2 aromatic heterocycles. The molecule has 2 heterocycles. The number of para-hydroxylation sites is 1. The molecular formula is C15H10BrN3. The van der Waals surface area contributed by atoms with Gasteiger partial charge in [0.05, 0.1) is 15.7 Å². The highest BCUT2D eigenvalue weighted by atomic mass is 79.9. The summed E-state index contributed by atoms with van der Waals surface area (Å²) in [7, 11) is 2.00. The maximum Gasteiger partial charge on any atom is 0.101 e. The molecule has 0 unspecified atom stereocenters. The summed E-state index contributed by atoms with van der Waals surface area (Å²) in [5.74, 6) is 0. The number of hydrogen-bond donors (Lipinski definition) is 0. The van der Waals surface area contributed by atoms with Gasteiger partial charge in [0.2, 0.25) is 0 Å². The van der Waals surface area contributed by atoms with Crippen molar-refractivity contribution in [3.05, 3.63) is 52.8 Å². The molecule has 0 N–H and O–H groups in total. The highest BCUT2D eigenvalue weighted by Crippen LogP contribution is 2.31. The van der Waals surface area contributed by atoms with Gasteiger partial charge in [-0.05, 0) is 28.1 Å². The average Bonchev–Trinajstić information content (AvgIpc) is 2.76. The Morgan fingerprint density at radius 1 is 1.26 bits per heavy atom. The first-order chi connectivity index (χ1) is 9.22. The summed E-state index contributed by atoms with van der Waals surface area (Å²) < 4.78 is 2.80. The second-order valence-corrected chi connectivity index (χ2v) is 5.16. The molecule has 19 heavy (non-hydrogen) atoms. The predicted molar refractivity (Wildman–Crippen MR) is 78.6 cm³/mol. The second-order valence-electron chi connectivity index (χ2n) is 4.30. The molecule has 0 spiro atoms. The Kier molecular flexibility index (Phi) is 2.84. The van der Waals surface area contributed by atoms with Crippen LogP contribution in [0.3, 0.4) is 0 Å². The largest absolute Gasteiger partial charge is 0.344 e. The third-order valence-corrected chi connectivity index (χ3v) is 3.84. The normalized spacial score (nSPS) is 10.6. The minimum atomic E-state index is 0.612. The lowest BCUT2D eigenvalue weighted by Crippen LogP contribution is -1.95. The van der Waals surface area contributed by atoms with E-state index in [-0.39, 0.29) is 0 Å². The second kappa shape index (κ2) is 4.52. The van der Waals surface area contributed by atoms with Crippen molar-refractivity contribution < 1.29 is 0 Å². The molecule has 0 atom stereocenters. The van der Waals surface area contributed by atoms with Gasteiger partial charge in [-0.15, -0.1) is 0 Å². The third kappa shape index (κ3) is 1.83. The van der Waals surface area contributed by atoms with Crippen LogP contribution in [-0.4, -0.2) is 9.55 Å². The van der Waals surface area contributed by atoms with Crippen LogP contribution in [0.25, 0.3) is 22.2 Å². The summed E-state index contributed by atoms with van der Waals surface area (Å²) in [5, 5.41) is 10.5. The highest BCUT2D eigenvalue weighted by molar-refractivity contribution is 9.10. The molecule has 3 nitrogen and oxygen atoms in total. The summed E-state index contributed by atoms with van der Waals surface area (Å²) >= 11 is 3.38. The van der Waals surface area contributed by atoms with E-state index in [1.807, 2.05) is 19.2 Å². The first-order valence-electron chi connectivity index (χ1n) is 5.81. The van der Waals surface area contributed by atoms with Gasteiger partial charge in [0.1, 0.15) is 6.07 Å². The number of hydrogen-bond acceptors (Lipinski definition) is 2. The number of fused-ring (bicyclic) bond motifs is 1. The van der Waals surface area contributed by atoms with Gasteiger partial charge in [-0.1, -0.05) is 18.2 Å². The van der Waals surface area contributed by atoms with Crippen molar-refractivity contribution in [1.29, 1.82) is 5.26 Å². The van der Waals surface area contributed by atoms with E-state index in [1.165, 1.54) is 0 Å². The van der Waals surface area contributed by atoms with Crippen LogP contribution in [0, 0.1) is 11.3 Å². The molecule has 1 aromatic carbocycles. The molecule has 0 saturated carbocycles. The molecule has 92 valence electrons. The van der Waals surface area contributed by atoms with Crippen molar-refractivity contribution >= 4 is 26.8 Å². The fraction of sp³-hybridized carbons (Fsp3) is 0.0667. The minimum absolute atomic E-state index is 0.612. The molecule has 0 saturated heterocycles. The predicted octanol–water partition coefficient (Wildman–Crippen LogP) is 3.87. The molecule has 3 aromatic rings. The molecule has 0 fully saturated rings. The van der Waals surface area contributed by atoms with Gasteiger partial charge in [-0.2, -0.15) is 5.26 Å². The van der Waals surface area contributed by atoms with Crippen LogP contribution in [0.4, 0.5) is 0 Å². The van der Waals surface area contributed by atoms with Crippen molar-refractivity contribution in [1.82, 2.24) is 9.55 Å². The zero-order valence-electron chi connectivity index (χ0n) is 10.3. The molecule has 4 heteroatoms. The van der Waals surface area contributed by atoms with E-state index in [4.69, 9.17) is 0 Å². The summed E-state index contributed by atoms with van der Waals surface area (Å²) in [5.41, 5.74) is 3.59. The van der Waals surface area contributed by atoms with Crippen LogP contribution in [-0.2, 0) is 7.05 Å².